The smallest absolute Gasteiger partial charge is 0.376 e. The molecule has 35 heavy (non-hydrogen) atoms. The Morgan fingerprint density at radius 2 is 1.91 bits per heavy atom. The molecular formula is C22H23ClF3N3O5S. The van der Waals surface area contributed by atoms with Gasteiger partial charge in [0.15, 0.2) is 0 Å². The standard InChI is InChI=1S/C22H23ClF3N3O5S/c1-35(32,33)29(19-11-14(22(24,25)26)8-9-17(19)23)13-20(30)28-18-7-3-2-6-16(18)21(31)27-12-15-5-4-10-34-15/h2-3,6-9,11,15H,4-5,10,12-13H2,1H3,(H,27,31)(H,28,30)/t15-/m0/s1. The minimum Gasteiger partial charge on any atom is -0.376 e. The summed E-state index contributed by atoms with van der Waals surface area (Å²) in [5.41, 5.74) is -1.39. The average molecular weight is 534 g/mol. The van der Waals surface area contributed by atoms with Crippen molar-refractivity contribution in [3.63, 3.8) is 0 Å². The highest BCUT2D eigenvalue weighted by Gasteiger charge is 2.33. The summed E-state index contributed by atoms with van der Waals surface area (Å²) in [7, 11) is -4.21. The molecule has 1 heterocycles. The van der Waals surface area contributed by atoms with Crippen LogP contribution in [0.1, 0.15) is 28.8 Å². The van der Waals surface area contributed by atoms with Gasteiger partial charge in [0.25, 0.3) is 5.91 Å². The maximum Gasteiger partial charge on any atom is 0.416 e. The van der Waals surface area contributed by atoms with Crippen molar-refractivity contribution in [2.75, 3.05) is 35.6 Å². The first-order chi connectivity index (χ1) is 16.4. The van der Waals surface area contributed by atoms with Gasteiger partial charge in [-0.25, -0.2) is 8.42 Å². The van der Waals surface area contributed by atoms with Gasteiger partial charge in [-0.15, -0.1) is 0 Å². The molecule has 0 saturated carbocycles. The van der Waals surface area contributed by atoms with Crippen LogP contribution in [0.25, 0.3) is 0 Å². The normalized spacial score (nSPS) is 16.1. The number of benzene rings is 2. The molecule has 190 valence electrons. The van der Waals surface area contributed by atoms with Gasteiger partial charge in [0, 0.05) is 13.2 Å². The van der Waals surface area contributed by atoms with E-state index >= 15 is 0 Å². The number of halogens is 4. The lowest BCUT2D eigenvalue weighted by atomic mass is 10.1. The first kappa shape index (κ1) is 26.8. The van der Waals surface area contributed by atoms with E-state index in [9.17, 15) is 31.2 Å². The van der Waals surface area contributed by atoms with Gasteiger partial charge in [-0.1, -0.05) is 23.7 Å². The number of para-hydroxylation sites is 1. The van der Waals surface area contributed by atoms with Gasteiger partial charge in [-0.05, 0) is 43.2 Å². The van der Waals surface area contributed by atoms with Crippen molar-refractivity contribution in [1.29, 1.82) is 0 Å². The molecule has 3 rings (SSSR count). The molecule has 1 aliphatic rings. The Bertz CT molecular complexity index is 1200. The number of rotatable bonds is 8. The quantitative estimate of drug-likeness (QED) is 0.539. The van der Waals surface area contributed by atoms with Crippen LogP contribution >= 0.6 is 11.6 Å². The number of carbonyl (C=O) groups excluding carboxylic acids is 2. The van der Waals surface area contributed by atoms with E-state index in [2.05, 4.69) is 10.6 Å². The van der Waals surface area contributed by atoms with Gasteiger partial charge in [0.2, 0.25) is 15.9 Å². The Morgan fingerprint density at radius 3 is 2.54 bits per heavy atom. The molecule has 0 radical (unpaired) electrons. The Hall–Kier alpha value is -2.83. The van der Waals surface area contributed by atoms with Crippen LogP contribution in [0.5, 0.6) is 0 Å². The molecule has 0 aromatic heterocycles. The Balaban J connectivity index is 1.79. The third kappa shape index (κ3) is 7.09. The molecular weight excluding hydrogens is 511 g/mol. The molecule has 2 aromatic carbocycles. The lowest BCUT2D eigenvalue weighted by Crippen LogP contribution is -2.38. The third-order valence-corrected chi connectivity index (χ3v) is 6.64. The topological polar surface area (TPSA) is 105 Å². The Labute approximate surface area is 205 Å². The molecule has 1 atom stereocenters. The van der Waals surface area contributed by atoms with Gasteiger partial charge in [0.1, 0.15) is 6.54 Å². The van der Waals surface area contributed by atoms with Crippen LogP contribution in [0.3, 0.4) is 0 Å². The summed E-state index contributed by atoms with van der Waals surface area (Å²) in [4.78, 5) is 25.4. The number of hydrogen-bond acceptors (Lipinski definition) is 5. The molecule has 0 spiro atoms. The number of carbonyl (C=O) groups is 2. The van der Waals surface area contributed by atoms with E-state index in [4.69, 9.17) is 16.3 Å². The second-order valence-corrected chi connectivity index (χ2v) is 10.2. The summed E-state index contributed by atoms with van der Waals surface area (Å²) in [6, 6.07) is 8.23. The average Bonchev–Trinajstić information content (AvgIpc) is 3.29. The van der Waals surface area contributed by atoms with E-state index < -0.39 is 45.8 Å². The number of anilines is 2. The molecule has 0 bridgehead atoms. The zero-order chi connectivity index (χ0) is 25.8. The first-order valence-electron chi connectivity index (χ1n) is 10.5. The predicted molar refractivity (Wildman–Crippen MR) is 125 cm³/mol. The molecule has 2 N–H and O–H groups in total. The maximum atomic E-state index is 13.2. The van der Waals surface area contributed by atoms with E-state index in [-0.39, 0.29) is 28.9 Å². The van der Waals surface area contributed by atoms with Crippen LogP contribution in [0.15, 0.2) is 42.5 Å². The fourth-order valence-corrected chi connectivity index (χ4v) is 4.61. The van der Waals surface area contributed by atoms with Crippen LogP contribution in [0, 0.1) is 0 Å². The van der Waals surface area contributed by atoms with Crippen molar-refractivity contribution in [3.8, 4) is 0 Å². The van der Waals surface area contributed by atoms with Gasteiger partial charge < -0.3 is 15.4 Å². The van der Waals surface area contributed by atoms with Crippen LogP contribution in [-0.4, -0.2) is 52.3 Å². The second kappa shape index (κ2) is 10.8. The van der Waals surface area contributed by atoms with Crippen molar-refractivity contribution in [2.24, 2.45) is 0 Å². The Morgan fingerprint density at radius 1 is 1.20 bits per heavy atom. The molecule has 13 heteroatoms. The molecule has 2 aromatic rings. The van der Waals surface area contributed by atoms with Gasteiger partial charge in [0.05, 0.1) is 39.9 Å². The minimum atomic E-state index is -4.75. The fourth-order valence-electron chi connectivity index (χ4n) is 3.48. The van der Waals surface area contributed by atoms with Crippen molar-refractivity contribution in [3.05, 3.63) is 58.6 Å². The molecule has 0 aliphatic carbocycles. The van der Waals surface area contributed by atoms with Crippen LogP contribution in [-0.2, 0) is 25.7 Å². The van der Waals surface area contributed by atoms with Crippen LogP contribution in [0.4, 0.5) is 24.5 Å². The van der Waals surface area contributed by atoms with Crippen LogP contribution < -0.4 is 14.9 Å². The molecule has 8 nitrogen and oxygen atoms in total. The SMILES string of the molecule is CS(=O)(=O)N(CC(=O)Nc1ccccc1C(=O)NC[C@@H]1CCCO1)c1cc(C(F)(F)F)ccc1Cl. The number of sulfonamides is 1. The van der Waals surface area contributed by atoms with Crippen molar-refractivity contribution < 1.29 is 35.9 Å². The summed E-state index contributed by atoms with van der Waals surface area (Å²) in [5.74, 6) is -1.36. The Kier molecular flexibility index (Phi) is 8.29. The van der Waals surface area contributed by atoms with Gasteiger partial charge >= 0.3 is 6.18 Å². The number of nitrogens with one attached hydrogen (secondary N) is 2. The van der Waals surface area contributed by atoms with E-state index in [0.717, 1.165) is 25.2 Å². The van der Waals surface area contributed by atoms with Crippen molar-refractivity contribution in [2.45, 2.75) is 25.1 Å². The summed E-state index contributed by atoms with van der Waals surface area (Å²) in [6.07, 6.45) is -2.39. The van der Waals surface area contributed by atoms with E-state index in [1.54, 1.807) is 12.1 Å². The monoisotopic (exact) mass is 533 g/mol. The lowest BCUT2D eigenvalue weighted by molar-refractivity contribution is -0.137. The van der Waals surface area contributed by atoms with E-state index in [0.29, 0.717) is 23.0 Å². The van der Waals surface area contributed by atoms with Gasteiger partial charge in [-0.2, -0.15) is 13.2 Å². The number of amides is 2. The molecule has 1 fully saturated rings. The highest BCUT2D eigenvalue weighted by atomic mass is 35.5. The summed E-state index contributed by atoms with van der Waals surface area (Å²) in [5, 5.41) is 4.89. The van der Waals surface area contributed by atoms with Crippen LogP contribution in [0.2, 0.25) is 5.02 Å². The zero-order valence-electron chi connectivity index (χ0n) is 18.6. The second-order valence-electron chi connectivity index (χ2n) is 7.87. The maximum absolute atomic E-state index is 13.2. The van der Waals surface area contributed by atoms with Crippen molar-refractivity contribution >= 4 is 44.8 Å². The summed E-state index contributed by atoms with van der Waals surface area (Å²) < 4.78 is 70.1. The fraction of sp³-hybridized carbons (Fsp3) is 0.364. The zero-order valence-corrected chi connectivity index (χ0v) is 20.1. The number of alkyl halides is 3. The number of ether oxygens (including phenoxy) is 1. The van der Waals surface area contributed by atoms with E-state index in [1.807, 2.05) is 0 Å². The van der Waals surface area contributed by atoms with E-state index in [1.165, 1.54) is 12.1 Å². The highest BCUT2D eigenvalue weighted by molar-refractivity contribution is 7.92. The van der Waals surface area contributed by atoms with Crippen molar-refractivity contribution in [1.82, 2.24) is 5.32 Å². The lowest BCUT2D eigenvalue weighted by Gasteiger charge is -2.24. The molecule has 1 aliphatic heterocycles. The summed E-state index contributed by atoms with van der Waals surface area (Å²) >= 11 is 5.98. The first-order valence-corrected chi connectivity index (χ1v) is 12.7. The summed E-state index contributed by atoms with van der Waals surface area (Å²) in [6.45, 7) is 0.0443. The third-order valence-electron chi connectivity index (χ3n) is 5.19. The predicted octanol–water partition coefficient (Wildman–Crippen LogP) is 3.67. The molecule has 0 unspecified atom stereocenters. The van der Waals surface area contributed by atoms with Gasteiger partial charge in [-0.3, -0.25) is 13.9 Å². The molecule has 2 amide bonds. The highest BCUT2D eigenvalue weighted by Crippen LogP contribution is 2.36. The molecule has 1 saturated heterocycles. The number of hydrogen-bond donors (Lipinski definition) is 2. The minimum absolute atomic E-state index is 0.0961. The largest absolute Gasteiger partial charge is 0.416 e. The number of nitrogens with zero attached hydrogens (tertiary/aromatic N) is 1.